The predicted molar refractivity (Wildman–Crippen MR) is 77.3 cm³/mol. The fourth-order valence-electron chi connectivity index (χ4n) is 2.43. The standard InChI is InChI=1S/C13H26N2O3S/c1-3-12(11-19(17)18)13(16)14(2)9-10-15-7-5-4-6-8-15/h12H,3-11H2,1-2H3,(H,17,18). The number of hydrogen-bond donors (Lipinski definition) is 1. The second-order valence-electron chi connectivity index (χ2n) is 5.26. The fraction of sp³-hybridized carbons (Fsp3) is 0.923. The van der Waals surface area contributed by atoms with Crippen molar-refractivity contribution in [2.75, 3.05) is 39.0 Å². The Bertz CT molecular complexity index is 306. The van der Waals surface area contributed by atoms with Crippen LogP contribution in [0.1, 0.15) is 32.6 Å². The summed E-state index contributed by atoms with van der Waals surface area (Å²) in [6, 6.07) is 0. The molecule has 112 valence electrons. The van der Waals surface area contributed by atoms with Gasteiger partial charge in [-0.2, -0.15) is 0 Å². The molecule has 0 aliphatic carbocycles. The van der Waals surface area contributed by atoms with Crippen molar-refractivity contribution in [1.29, 1.82) is 0 Å². The van der Waals surface area contributed by atoms with E-state index in [-0.39, 0.29) is 17.6 Å². The summed E-state index contributed by atoms with van der Waals surface area (Å²) in [7, 11) is 1.79. The normalized spacial score (nSPS) is 19.9. The van der Waals surface area contributed by atoms with Gasteiger partial charge in [0, 0.05) is 20.1 Å². The summed E-state index contributed by atoms with van der Waals surface area (Å²) in [5.74, 6) is -0.303. The minimum atomic E-state index is -1.90. The third-order valence-electron chi connectivity index (χ3n) is 3.76. The number of hydrogen-bond acceptors (Lipinski definition) is 3. The summed E-state index contributed by atoms with van der Waals surface area (Å²) in [6.45, 7) is 5.74. The Hall–Kier alpha value is -0.460. The second-order valence-corrected chi connectivity index (χ2v) is 6.23. The predicted octanol–water partition coefficient (Wildman–Crippen LogP) is 1.18. The molecule has 0 aromatic heterocycles. The van der Waals surface area contributed by atoms with Crippen molar-refractivity contribution in [3.8, 4) is 0 Å². The summed E-state index contributed by atoms with van der Waals surface area (Å²) < 4.78 is 19.7. The molecule has 19 heavy (non-hydrogen) atoms. The van der Waals surface area contributed by atoms with Crippen LogP contribution in [0.15, 0.2) is 0 Å². The Labute approximate surface area is 118 Å². The van der Waals surface area contributed by atoms with Crippen molar-refractivity contribution in [2.24, 2.45) is 5.92 Å². The number of likely N-dealkylation sites (tertiary alicyclic amines) is 1. The van der Waals surface area contributed by atoms with E-state index in [0.29, 0.717) is 13.0 Å². The lowest BCUT2D eigenvalue weighted by molar-refractivity contribution is -0.133. The summed E-state index contributed by atoms with van der Waals surface area (Å²) in [5.41, 5.74) is 0. The molecular formula is C13H26N2O3S. The maximum Gasteiger partial charge on any atom is 0.226 e. The van der Waals surface area contributed by atoms with Crippen LogP contribution in [0.3, 0.4) is 0 Å². The van der Waals surface area contributed by atoms with Crippen LogP contribution in [0.25, 0.3) is 0 Å². The largest absolute Gasteiger partial charge is 0.344 e. The minimum absolute atomic E-state index is 0.0121. The minimum Gasteiger partial charge on any atom is -0.344 e. The van der Waals surface area contributed by atoms with Gasteiger partial charge in [-0.15, -0.1) is 0 Å². The maximum atomic E-state index is 12.1. The molecular weight excluding hydrogens is 264 g/mol. The number of piperidine rings is 1. The molecule has 0 radical (unpaired) electrons. The molecule has 2 unspecified atom stereocenters. The molecule has 6 heteroatoms. The van der Waals surface area contributed by atoms with E-state index in [9.17, 15) is 9.00 Å². The van der Waals surface area contributed by atoms with E-state index >= 15 is 0 Å². The van der Waals surface area contributed by atoms with Crippen molar-refractivity contribution in [3.63, 3.8) is 0 Å². The monoisotopic (exact) mass is 290 g/mol. The maximum absolute atomic E-state index is 12.1. The summed E-state index contributed by atoms with van der Waals surface area (Å²) in [6.07, 6.45) is 4.42. The van der Waals surface area contributed by atoms with Crippen molar-refractivity contribution < 1.29 is 13.6 Å². The van der Waals surface area contributed by atoms with Crippen LogP contribution < -0.4 is 0 Å². The van der Waals surface area contributed by atoms with E-state index in [1.807, 2.05) is 6.92 Å². The van der Waals surface area contributed by atoms with Gasteiger partial charge in [-0.1, -0.05) is 13.3 Å². The van der Waals surface area contributed by atoms with Gasteiger partial charge in [0.15, 0.2) is 11.1 Å². The Balaban J connectivity index is 2.35. The number of carbonyl (C=O) groups excluding carboxylic acids is 1. The third kappa shape index (κ3) is 6.01. The molecule has 1 aliphatic rings. The molecule has 0 saturated carbocycles. The summed E-state index contributed by atoms with van der Waals surface area (Å²) in [5, 5.41) is 0. The molecule has 1 amide bonds. The van der Waals surface area contributed by atoms with Crippen molar-refractivity contribution in [3.05, 3.63) is 0 Å². The van der Waals surface area contributed by atoms with Crippen molar-refractivity contribution in [2.45, 2.75) is 32.6 Å². The van der Waals surface area contributed by atoms with Crippen LogP contribution in [0.5, 0.6) is 0 Å². The zero-order chi connectivity index (χ0) is 14.3. The average molecular weight is 290 g/mol. The van der Waals surface area contributed by atoms with Gasteiger partial charge in [-0.3, -0.25) is 4.79 Å². The zero-order valence-electron chi connectivity index (χ0n) is 12.0. The molecule has 0 spiro atoms. The molecule has 1 N–H and O–H groups in total. The summed E-state index contributed by atoms with van der Waals surface area (Å²) in [4.78, 5) is 16.2. The Kier molecular flexibility index (Phi) is 7.56. The highest BCUT2D eigenvalue weighted by Gasteiger charge is 2.22. The lowest BCUT2D eigenvalue weighted by Crippen LogP contribution is -2.41. The lowest BCUT2D eigenvalue weighted by Gasteiger charge is -2.29. The van der Waals surface area contributed by atoms with Gasteiger partial charge in [-0.05, 0) is 32.4 Å². The molecule has 1 fully saturated rings. The molecule has 1 aliphatic heterocycles. The Morgan fingerprint density at radius 2 is 2.00 bits per heavy atom. The number of amides is 1. The van der Waals surface area contributed by atoms with Gasteiger partial charge in [0.05, 0.1) is 11.7 Å². The molecule has 0 bridgehead atoms. The Morgan fingerprint density at radius 3 is 2.53 bits per heavy atom. The number of carbonyl (C=O) groups is 1. The van der Waals surface area contributed by atoms with Crippen molar-refractivity contribution in [1.82, 2.24) is 9.80 Å². The van der Waals surface area contributed by atoms with Crippen LogP contribution in [0, 0.1) is 5.92 Å². The molecule has 2 atom stereocenters. The summed E-state index contributed by atoms with van der Waals surface area (Å²) >= 11 is -1.90. The van der Waals surface area contributed by atoms with E-state index in [1.54, 1.807) is 11.9 Å². The SMILES string of the molecule is CCC(CS(=O)O)C(=O)N(C)CCN1CCCCC1. The van der Waals surface area contributed by atoms with Gasteiger partial charge in [0.25, 0.3) is 0 Å². The average Bonchev–Trinajstić information content (AvgIpc) is 2.42. The van der Waals surface area contributed by atoms with Crippen molar-refractivity contribution >= 4 is 17.0 Å². The Morgan fingerprint density at radius 1 is 1.37 bits per heavy atom. The topological polar surface area (TPSA) is 60.9 Å². The molecule has 5 nitrogen and oxygen atoms in total. The first-order valence-corrected chi connectivity index (χ1v) is 8.37. The van der Waals surface area contributed by atoms with Crippen LogP contribution in [-0.2, 0) is 15.9 Å². The van der Waals surface area contributed by atoms with Gasteiger partial charge >= 0.3 is 0 Å². The molecule has 0 aromatic carbocycles. The van der Waals surface area contributed by atoms with E-state index in [4.69, 9.17) is 4.55 Å². The van der Waals surface area contributed by atoms with E-state index < -0.39 is 11.1 Å². The number of likely N-dealkylation sites (N-methyl/N-ethyl adjacent to an activating group) is 1. The van der Waals surface area contributed by atoms with Gasteiger partial charge in [0.1, 0.15) is 0 Å². The third-order valence-corrected chi connectivity index (χ3v) is 4.45. The quantitative estimate of drug-likeness (QED) is 0.715. The highest BCUT2D eigenvalue weighted by atomic mass is 32.2. The van der Waals surface area contributed by atoms with Crippen LogP contribution in [0.4, 0.5) is 0 Å². The first-order valence-electron chi connectivity index (χ1n) is 7.09. The molecule has 0 aromatic rings. The van der Waals surface area contributed by atoms with Crippen LogP contribution in [-0.4, -0.2) is 63.4 Å². The number of rotatable bonds is 7. The van der Waals surface area contributed by atoms with Gasteiger partial charge in [-0.25, -0.2) is 4.21 Å². The smallest absolute Gasteiger partial charge is 0.226 e. The van der Waals surface area contributed by atoms with Crippen LogP contribution >= 0.6 is 0 Å². The fourth-order valence-corrected chi connectivity index (χ4v) is 3.15. The highest BCUT2D eigenvalue weighted by Crippen LogP contribution is 2.10. The van der Waals surface area contributed by atoms with Crippen LogP contribution in [0.2, 0.25) is 0 Å². The first kappa shape index (κ1) is 16.6. The van der Waals surface area contributed by atoms with Gasteiger partial charge < -0.3 is 14.4 Å². The van der Waals surface area contributed by atoms with E-state index in [2.05, 4.69) is 4.90 Å². The number of nitrogens with zero attached hydrogens (tertiary/aromatic N) is 2. The molecule has 1 rings (SSSR count). The lowest BCUT2D eigenvalue weighted by atomic mass is 10.1. The van der Waals surface area contributed by atoms with E-state index in [0.717, 1.165) is 19.6 Å². The zero-order valence-corrected chi connectivity index (χ0v) is 12.8. The first-order chi connectivity index (χ1) is 9.04. The highest BCUT2D eigenvalue weighted by molar-refractivity contribution is 7.79. The second kappa shape index (κ2) is 8.66. The van der Waals surface area contributed by atoms with E-state index in [1.165, 1.54) is 19.3 Å². The molecule has 1 saturated heterocycles. The molecule has 1 heterocycles. The van der Waals surface area contributed by atoms with Gasteiger partial charge in [0.2, 0.25) is 5.91 Å².